The molecule has 0 saturated heterocycles. The molecule has 3 aromatic rings. The molecule has 1 amide bonds. The lowest BCUT2D eigenvalue weighted by atomic mass is 10.1. The molecule has 0 aliphatic rings. The Morgan fingerprint density at radius 1 is 1.19 bits per heavy atom. The number of benzene rings is 1. The summed E-state index contributed by atoms with van der Waals surface area (Å²) in [5.41, 5.74) is 1.87. The number of hydrogen-bond donors (Lipinski definition) is 1. The number of pyridine rings is 1. The third-order valence-electron chi connectivity index (χ3n) is 3.88. The number of ether oxygens (including phenoxy) is 2. The number of carbonyl (C=O) groups excluding carboxylic acids is 1. The molecular weight excluding hydrogens is 354 g/mol. The fourth-order valence-electron chi connectivity index (χ4n) is 2.60. The first-order valence-electron chi connectivity index (χ1n) is 7.91. The van der Waals surface area contributed by atoms with E-state index in [1.165, 1.54) is 14.2 Å². The van der Waals surface area contributed by atoms with Crippen LogP contribution in [0.3, 0.4) is 0 Å². The van der Waals surface area contributed by atoms with Crippen molar-refractivity contribution in [2.45, 2.75) is 6.54 Å². The highest BCUT2D eigenvalue weighted by Crippen LogP contribution is 2.30. The number of aromatic nitrogens is 2. The van der Waals surface area contributed by atoms with Gasteiger partial charge in [0.15, 0.2) is 0 Å². The minimum absolute atomic E-state index is 0.274. The highest BCUT2D eigenvalue weighted by Gasteiger charge is 2.17. The number of methoxy groups -OCH3 is 2. The van der Waals surface area contributed by atoms with Crippen LogP contribution < -0.4 is 14.8 Å². The number of carbonyl (C=O) groups is 1. The standard InChI is InChI=1S/C19H18ClN3O3/c1-25-17-11-16(23-8-3-4-9-23)15(20)10-14(17)18(24)22-12-13-6-5-7-21-19(13)26-2/h3-11H,12H2,1-2H3,(H,22,24). The van der Waals surface area contributed by atoms with E-state index in [9.17, 15) is 4.79 Å². The number of rotatable bonds is 6. The smallest absolute Gasteiger partial charge is 0.255 e. The minimum Gasteiger partial charge on any atom is -0.496 e. The zero-order valence-electron chi connectivity index (χ0n) is 14.4. The van der Waals surface area contributed by atoms with Crippen molar-refractivity contribution in [3.05, 3.63) is 71.1 Å². The van der Waals surface area contributed by atoms with Gasteiger partial charge in [-0.1, -0.05) is 17.7 Å². The number of nitrogens with zero attached hydrogens (tertiary/aromatic N) is 2. The van der Waals surface area contributed by atoms with Crippen molar-refractivity contribution in [3.63, 3.8) is 0 Å². The van der Waals surface area contributed by atoms with Crippen LogP contribution in [-0.4, -0.2) is 29.7 Å². The van der Waals surface area contributed by atoms with E-state index >= 15 is 0 Å². The summed E-state index contributed by atoms with van der Waals surface area (Å²) in [6.45, 7) is 0.274. The molecule has 7 heteroatoms. The van der Waals surface area contributed by atoms with E-state index in [1.807, 2.05) is 35.2 Å². The first kappa shape index (κ1) is 17.8. The summed E-state index contributed by atoms with van der Waals surface area (Å²) in [5, 5.41) is 3.29. The van der Waals surface area contributed by atoms with Crippen LogP contribution >= 0.6 is 11.6 Å². The number of amides is 1. The number of hydrogen-bond acceptors (Lipinski definition) is 4. The van der Waals surface area contributed by atoms with Gasteiger partial charge in [0.25, 0.3) is 5.91 Å². The van der Waals surface area contributed by atoms with Crippen molar-refractivity contribution in [1.29, 1.82) is 0 Å². The van der Waals surface area contributed by atoms with E-state index < -0.39 is 0 Å². The van der Waals surface area contributed by atoms with Gasteiger partial charge in [0.05, 0.1) is 30.5 Å². The molecule has 0 spiro atoms. The van der Waals surface area contributed by atoms with Gasteiger partial charge in [-0.2, -0.15) is 0 Å². The Hall–Kier alpha value is -2.99. The minimum atomic E-state index is -0.297. The lowest BCUT2D eigenvalue weighted by Gasteiger charge is -2.14. The second-order valence-corrected chi connectivity index (χ2v) is 5.86. The highest BCUT2D eigenvalue weighted by molar-refractivity contribution is 6.33. The molecule has 0 atom stereocenters. The molecule has 0 fully saturated rings. The third kappa shape index (κ3) is 3.65. The predicted octanol–water partition coefficient (Wildman–Crippen LogP) is 3.47. The molecule has 1 aromatic carbocycles. The maximum absolute atomic E-state index is 12.6. The molecule has 26 heavy (non-hydrogen) atoms. The Kier molecular flexibility index (Phi) is 5.43. The van der Waals surface area contributed by atoms with Crippen LogP contribution in [0.1, 0.15) is 15.9 Å². The van der Waals surface area contributed by atoms with Crippen LogP contribution in [0.15, 0.2) is 55.0 Å². The van der Waals surface area contributed by atoms with Crippen LogP contribution in [0.2, 0.25) is 5.02 Å². The molecule has 2 aromatic heterocycles. The second-order valence-electron chi connectivity index (χ2n) is 5.45. The zero-order valence-corrected chi connectivity index (χ0v) is 15.2. The van der Waals surface area contributed by atoms with Crippen molar-refractivity contribution in [2.24, 2.45) is 0 Å². The lowest BCUT2D eigenvalue weighted by molar-refractivity contribution is 0.0947. The number of halogens is 1. The SMILES string of the molecule is COc1cc(-n2cccc2)c(Cl)cc1C(=O)NCc1cccnc1OC. The summed E-state index contributed by atoms with van der Waals surface area (Å²) < 4.78 is 12.4. The maximum Gasteiger partial charge on any atom is 0.255 e. The largest absolute Gasteiger partial charge is 0.496 e. The molecule has 0 bridgehead atoms. The average Bonchev–Trinajstić information content (AvgIpc) is 3.20. The molecule has 0 unspecified atom stereocenters. The summed E-state index contributed by atoms with van der Waals surface area (Å²) in [5.74, 6) is 0.614. The highest BCUT2D eigenvalue weighted by atomic mass is 35.5. The zero-order chi connectivity index (χ0) is 18.5. The van der Waals surface area contributed by atoms with E-state index in [-0.39, 0.29) is 12.5 Å². The van der Waals surface area contributed by atoms with Gasteiger partial charge in [0.2, 0.25) is 5.88 Å². The predicted molar refractivity (Wildman–Crippen MR) is 99.3 cm³/mol. The summed E-state index contributed by atoms with van der Waals surface area (Å²) in [6.07, 6.45) is 5.37. The Morgan fingerprint density at radius 2 is 1.96 bits per heavy atom. The van der Waals surface area contributed by atoms with Gasteiger partial charge in [0, 0.05) is 36.8 Å². The molecule has 2 heterocycles. The Labute approximate surface area is 156 Å². The molecule has 0 aliphatic heterocycles. The van der Waals surface area contributed by atoms with Crippen molar-refractivity contribution in [3.8, 4) is 17.3 Å². The van der Waals surface area contributed by atoms with Gasteiger partial charge in [-0.3, -0.25) is 4.79 Å². The van der Waals surface area contributed by atoms with E-state index in [0.717, 1.165) is 11.3 Å². The average molecular weight is 372 g/mol. The molecule has 0 radical (unpaired) electrons. The van der Waals surface area contributed by atoms with Gasteiger partial charge >= 0.3 is 0 Å². The molecular formula is C19H18ClN3O3. The van der Waals surface area contributed by atoms with Crippen molar-refractivity contribution < 1.29 is 14.3 Å². The Balaban J connectivity index is 1.84. The maximum atomic E-state index is 12.6. The van der Waals surface area contributed by atoms with Crippen LogP contribution in [0, 0.1) is 0 Å². The van der Waals surface area contributed by atoms with Gasteiger partial charge in [-0.15, -0.1) is 0 Å². The Bertz CT molecular complexity index is 910. The fraction of sp³-hybridized carbons (Fsp3) is 0.158. The summed E-state index contributed by atoms with van der Waals surface area (Å²) in [7, 11) is 3.06. The molecule has 0 aliphatic carbocycles. The van der Waals surface area contributed by atoms with E-state index in [2.05, 4.69) is 10.3 Å². The molecule has 0 saturated carbocycles. The third-order valence-corrected chi connectivity index (χ3v) is 4.18. The lowest BCUT2D eigenvalue weighted by Crippen LogP contribution is -2.24. The number of nitrogens with one attached hydrogen (secondary N) is 1. The Morgan fingerprint density at radius 3 is 2.65 bits per heavy atom. The normalized spacial score (nSPS) is 10.4. The van der Waals surface area contributed by atoms with Gasteiger partial charge in [0.1, 0.15) is 5.75 Å². The van der Waals surface area contributed by atoms with E-state index in [4.69, 9.17) is 21.1 Å². The summed E-state index contributed by atoms with van der Waals surface area (Å²) in [4.78, 5) is 16.7. The van der Waals surface area contributed by atoms with E-state index in [0.29, 0.717) is 22.2 Å². The van der Waals surface area contributed by atoms with Crippen LogP contribution in [0.4, 0.5) is 0 Å². The molecule has 134 valence electrons. The van der Waals surface area contributed by atoms with Crippen molar-refractivity contribution >= 4 is 17.5 Å². The molecule has 6 nitrogen and oxygen atoms in total. The van der Waals surface area contributed by atoms with Crippen LogP contribution in [0.5, 0.6) is 11.6 Å². The van der Waals surface area contributed by atoms with Crippen LogP contribution in [0.25, 0.3) is 5.69 Å². The topological polar surface area (TPSA) is 65.4 Å². The first-order chi connectivity index (χ1) is 12.6. The quantitative estimate of drug-likeness (QED) is 0.720. The van der Waals surface area contributed by atoms with Gasteiger partial charge in [-0.25, -0.2) is 4.98 Å². The monoisotopic (exact) mass is 371 g/mol. The van der Waals surface area contributed by atoms with E-state index in [1.54, 1.807) is 24.4 Å². The van der Waals surface area contributed by atoms with Gasteiger partial charge < -0.3 is 19.4 Å². The first-order valence-corrected chi connectivity index (χ1v) is 8.28. The fourth-order valence-corrected chi connectivity index (χ4v) is 2.86. The molecule has 1 N–H and O–H groups in total. The second kappa shape index (κ2) is 7.93. The van der Waals surface area contributed by atoms with Crippen molar-refractivity contribution in [2.75, 3.05) is 14.2 Å². The van der Waals surface area contributed by atoms with Crippen LogP contribution in [-0.2, 0) is 6.54 Å². The van der Waals surface area contributed by atoms with Gasteiger partial charge in [-0.05, 0) is 24.3 Å². The summed E-state index contributed by atoms with van der Waals surface area (Å²) >= 11 is 6.37. The molecule has 3 rings (SSSR count). The van der Waals surface area contributed by atoms with Crippen molar-refractivity contribution in [1.82, 2.24) is 14.9 Å². The summed E-state index contributed by atoms with van der Waals surface area (Å²) in [6, 6.07) is 10.8.